The average molecular weight is 300 g/mol. The fraction of sp³-hybridized carbons (Fsp3) is 0.632. The standard InChI is InChI=1S/C19H28N2O/c1-16-6-8-17(9-7-16)10-11-19(22)21-14-12-20(13-15-21)18-4-2-3-5-18/h6-9,18H,2-5,10-15H2,1H3. The van der Waals surface area contributed by atoms with Crippen molar-refractivity contribution in [3.63, 3.8) is 0 Å². The van der Waals surface area contributed by atoms with E-state index in [-0.39, 0.29) is 0 Å². The van der Waals surface area contributed by atoms with Crippen LogP contribution in [0.1, 0.15) is 43.2 Å². The van der Waals surface area contributed by atoms with Crippen molar-refractivity contribution >= 4 is 5.91 Å². The SMILES string of the molecule is Cc1ccc(CCC(=O)N2CCN(C3CCCC3)CC2)cc1. The van der Waals surface area contributed by atoms with Gasteiger partial charge in [0.15, 0.2) is 0 Å². The largest absolute Gasteiger partial charge is 0.340 e. The van der Waals surface area contributed by atoms with Crippen molar-refractivity contribution in [3.8, 4) is 0 Å². The summed E-state index contributed by atoms with van der Waals surface area (Å²) in [4.78, 5) is 17.1. The van der Waals surface area contributed by atoms with Crippen LogP contribution >= 0.6 is 0 Å². The van der Waals surface area contributed by atoms with Gasteiger partial charge in [-0.3, -0.25) is 9.69 Å². The molecule has 120 valence electrons. The minimum absolute atomic E-state index is 0.326. The van der Waals surface area contributed by atoms with Crippen molar-refractivity contribution < 1.29 is 4.79 Å². The van der Waals surface area contributed by atoms with E-state index in [1.54, 1.807) is 0 Å². The van der Waals surface area contributed by atoms with Gasteiger partial charge >= 0.3 is 0 Å². The maximum Gasteiger partial charge on any atom is 0.222 e. The summed E-state index contributed by atoms with van der Waals surface area (Å²) in [6.07, 6.45) is 7.01. The Morgan fingerprint density at radius 1 is 1.05 bits per heavy atom. The highest BCUT2D eigenvalue weighted by Gasteiger charge is 2.27. The highest BCUT2D eigenvalue weighted by molar-refractivity contribution is 5.76. The second-order valence-corrected chi connectivity index (χ2v) is 6.84. The van der Waals surface area contributed by atoms with E-state index in [9.17, 15) is 4.79 Å². The van der Waals surface area contributed by atoms with Gasteiger partial charge in [-0.05, 0) is 31.7 Å². The Hall–Kier alpha value is -1.35. The molecule has 3 rings (SSSR count). The van der Waals surface area contributed by atoms with Crippen LogP contribution in [-0.4, -0.2) is 47.9 Å². The quantitative estimate of drug-likeness (QED) is 0.853. The fourth-order valence-corrected chi connectivity index (χ4v) is 3.77. The summed E-state index contributed by atoms with van der Waals surface area (Å²) in [6, 6.07) is 9.33. The summed E-state index contributed by atoms with van der Waals surface area (Å²) in [5.41, 5.74) is 2.54. The van der Waals surface area contributed by atoms with Gasteiger partial charge in [0.2, 0.25) is 5.91 Å². The maximum atomic E-state index is 12.4. The highest BCUT2D eigenvalue weighted by Crippen LogP contribution is 2.24. The van der Waals surface area contributed by atoms with Crippen LogP contribution in [0.5, 0.6) is 0 Å². The molecule has 0 spiro atoms. The van der Waals surface area contributed by atoms with Gasteiger partial charge in [0, 0.05) is 38.6 Å². The molecule has 1 heterocycles. The normalized spacial score (nSPS) is 20.5. The van der Waals surface area contributed by atoms with Gasteiger partial charge in [-0.2, -0.15) is 0 Å². The van der Waals surface area contributed by atoms with Crippen LogP contribution in [-0.2, 0) is 11.2 Å². The van der Waals surface area contributed by atoms with Gasteiger partial charge < -0.3 is 4.90 Å². The summed E-state index contributed by atoms with van der Waals surface area (Å²) in [6.45, 7) is 6.08. The van der Waals surface area contributed by atoms with Crippen LogP contribution in [0.25, 0.3) is 0 Å². The second kappa shape index (κ2) is 7.28. The first kappa shape index (κ1) is 15.5. The van der Waals surface area contributed by atoms with E-state index in [0.29, 0.717) is 12.3 Å². The Morgan fingerprint density at radius 2 is 1.68 bits per heavy atom. The molecular weight excluding hydrogens is 272 g/mol. The van der Waals surface area contributed by atoms with Gasteiger partial charge in [-0.15, -0.1) is 0 Å². The van der Waals surface area contributed by atoms with Crippen LogP contribution in [0.3, 0.4) is 0 Å². The molecular formula is C19H28N2O. The lowest BCUT2D eigenvalue weighted by Crippen LogP contribution is -2.51. The minimum atomic E-state index is 0.326. The molecule has 0 N–H and O–H groups in total. The molecule has 2 aliphatic rings. The van der Waals surface area contributed by atoms with E-state index in [0.717, 1.165) is 38.6 Å². The van der Waals surface area contributed by atoms with E-state index < -0.39 is 0 Å². The summed E-state index contributed by atoms with van der Waals surface area (Å²) in [5, 5.41) is 0. The van der Waals surface area contributed by atoms with Crippen molar-refractivity contribution in [2.75, 3.05) is 26.2 Å². The molecule has 1 saturated heterocycles. The molecule has 0 bridgehead atoms. The lowest BCUT2D eigenvalue weighted by molar-refractivity contribution is -0.133. The van der Waals surface area contributed by atoms with E-state index in [1.165, 1.54) is 36.8 Å². The summed E-state index contributed by atoms with van der Waals surface area (Å²) < 4.78 is 0. The predicted molar refractivity (Wildman–Crippen MR) is 89.9 cm³/mol. The molecule has 1 amide bonds. The molecule has 2 fully saturated rings. The summed E-state index contributed by atoms with van der Waals surface area (Å²) in [5.74, 6) is 0.326. The molecule has 3 heteroatoms. The number of rotatable bonds is 4. The first-order valence-corrected chi connectivity index (χ1v) is 8.80. The maximum absolute atomic E-state index is 12.4. The molecule has 0 atom stereocenters. The van der Waals surface area contributed by atoms with Gasteiger partial charge in [0.25, 0.3) is 0 Å². The van der Waals surface area contributed by atoms with Crippen molar-refractivity contribution in [1.82, 2.24) is 9.80 Å². The molecule has 0 radical (unpaired) electrons. The molecule has 1 aromatic rings. The third-order valence-corrected chi connectivity index (χ3v) is 5.26. The lowest BCUT2D eigenvalue weighted by Gasteiger charge is -2.38. The van der Waals surface area contributed by atoms with Gasteiger partial charge in [-0.1, -0.05) is 42.7 Å². The zero-order valence-corrected chi connectivity index (χ0v) is 13.8. The molecule has 0 unspecified atom stereocenters. The smallest absolute Gasteiger partial charge is 0.222 e. The Bertz CT molecular complexity index is 483. The van der Waals surface area contributed by atoms with E-state index >= 15 is 0 Å². The Kier molecular flexibility index (Phi) is 5.14. The number of aryl methyl sites for hydroxylation is 2. The van der Waals surface area contributed by atoms with E-state index in [4.69, 9.17) is 0 Å². The number of nitrogens with zero attached hydrogens (tertiary/aromatic N) is 2. The van der Waals surface area contributed by atoms with Crippen LogP contribution in [0.2, 0.25) is 0 Å². The number of amides is 1. The van der Waals surface area contributed by atoms with Crippen LogP contribution in [0.4, 0.5) is 0 Å². The Morgan fingerprint density at radius 3 is 2.32 bits per heavy atom. The summed E-state index contributed by atoms with van der Waals surface area (Å²) in [7, 11) is 0. The summed E-state index contributed by atoms with van der Waals surface area (Å²) >= 11 is 0. The molecule has 1 aliphatic heterocycles. The van der Waals surface area contributed by atoms with Gasteiger partial charge in [0.1, 0.15) is 0 Å². The number of hydrogen-bond acceptors (Lipinski definition) is 2. The zero-order valence-electron chi connectivity index (χ0n) is 13.8. The van der Waals surface area contributed by atoms with E-state index in [1.807, 2.05) is 0 Å². The predicted octanol–water partition coefficient (Wildman–Crippen LogP) is 3.01. The van der Waals surface area contributed by atoms with Crippen molar-refractivity contribution in [1.29, 1.82) is 0 Å². The van der Waals surface area contributed by atoms with Gasteiger partial charge in [0.05, 0.1) is 0 Å². The number of benzene rings is 1. The molecule has 3 nitrogen and oxygen atoms in total. The number of hydrogen-bond donors (Lipinski definition) is 0. The molecule has 1 saturated carbocycles. The third-order valence-electron chi connectivity index (χ3n) is 5.26. The monoisotopic (exact) mass is 300 g/mol. The molecule has 0 aromatic heterocycles. The fourth-order valence-electron chi connectivity index (χ4n) is 3.77. The number of piperazine rings is 1. The van der Waals surface area contributed by atoms with Crippen molar-refractivity contribution in [2.45, 2.75) is 51.5 Å². The molecule has 1 aliphatic carbocycles. The zero-order chi connectivity index (χ0) is 15.4. The third kappa shape index (κ3) is 3.89. The number of carbonyl (C=O) groups is 1. The molecule has 22 heavy (non-hydrogen) atoms. The topological polar surface area (TPSA) is 23.6 Å². The Labute approximate surface area is 134 Å². The molecule has 1 aromatic carbocycles. The second-order valence-electron chi connectivity index (χ2n) is 6.84. The van der Waals surface area contributed by atoms with Crippen molar-refractivity contribution in [3.05, 3.63) is 35.4 Å². The van der Waals surface area contributed by atoms with Crippen LogP contribution in [0, 0.1) is 6.92 Å². The first-order valence-electron chi connectivity index (χ1n) is 8.80. The lowest BCUT2D eigenvalue weighted by atomic mass is 10.1. The first-order chi connectivity index (χ1) is 10.7. The van der Waals surface area contributed by atoms with Crippen LogP contribution in [0.15, 0.2) is 24.3 Å². The van der Waals surface area contributed by atoms with Gasteiger partial charge in [-0.25, -0.2) is 0 Å². The Balaban J connectivity index is 1.42. The minimum Gasteiger partial charge on any atom is -0.340 e. The highest BCUT2D eigenvalue weighted by atomic mass is 16.2. The average Bonchev–Trinajstić information content (AvgIpc) is 3.09. The van der Waals surface area contributed by atoms with Crippen molar-refractivity contribution in [2.24, 2.45) is 0 Å². The van der Waals surface area contributed by atoms with E-state index in [2.05, 4.69) is 41.0 Å². The number of carbonyl (C=O) groups excluding carboxylic acids is 1. The van der Waals surface area contributed by atoms with Crippen LogP contribution < -0.4 is 0 Å².